The van der Waals surface area contributed by atoms with E-state index in [1.165, 1.54) is 6.33 Å². The van der Waals surface area contributed by atoms with Crippen LogP contribution < -0.4 is 15.0 Å². The van der Waals surface area contributed by atoms with Crippen molar-refractivity contribution in [1.82, 2.24) is 29.5 Å². The number of nitrogens with zero attached hydrogens (tertiary/aromatic N) is 7. The summed E-state index contributed by atoms with van der Waals surface area (Å²) in [5, 5.41) is 12.7. The van der Waals surface area contributed by atoms with Gasteiger partial charge in [-0.15, -0.1) is 0 Å². The lowest BCUT2D eigenvalue weighted by atomic mass is 10.2. The highest BCUT2D eigenvalue weighted by Gasteiger charge is 2.14. The van der Waals surface area contributed by atoms with Gasteiger partial charge in [-0.2, -0.15) is 0 Å². The smallest absolute Gasteiger partial charge is 0.226 e. The van der Waals surface area contributed by atoms with E-state index in [4.69, 9.17) is 9.72 Å². The summed E-state index contributed by atoms with van der Waals surface area (Å²) in [4.78, 5) is 24.7. The summed E-state index contributed by atoms with van der Waals surface area (Å²) in [6, 6.07) is 11.8. The Balaban J connectivity index is 1.38. The molecule has 0 unspecified atom stereocenters. The van der Waals surface area contributed by atoms with Gasteiger partial charge in [0, 0.05) is 38.5 Å². The molecule has 0 saturated heterocycles. The fraction of sp³-hybridized carbons (Fsp3) is 0.321. The molecule has 3 heterocycles. The van der Waals surface area contributed by atoms with Gasteiger partial charge in [-0.3, -0.25) is 0 Å². The number of aryl methyl sites for hydroxylation is 2. The minimum Gasteiger partial charge on any atom is -0.457 e. The minimum atomic E-state index is 0.128. The maximum absolute atomic E-state index is 9.32. The number of ether oxygens (including phenoxy) is 1. The predicted octanol–water partition coefficient (Wildman–Crippen LogP) is 5.14. The molecule has 0 bridgehead atoms. The number of aromatic nitrogens is 6. The van der Waals surface area contributed by atoms with E-state index in [-0.39, 0.29) is 6.61 Å². The Morgan fingerprint density at radius 2 is 1.87 bits per heavy atom. The zero-order chi connectivity index (χ0) is 26.5. The molecule has 38 heavy (non-hydrogen) atoms. The Morgan fingerprint density at radius 1 is 1.00 bits per heavy atom. The number of rotatable bonds is 11. The molecular weight excluding hydrogens is 480 g/mol. The van der Waals surface area contributed by atoms with Crippen LogP contribution in [-0.2, 0) is 7.05 Å². The molecule has 0 radical (unpaired) electrons. The first-order valence-electron chi connectivity index (χ1n) is 12.9. The number of hydrogen-bond acceptors (Lipinski definition) is 9. The SMILES string of the molecule is CCCCN(CCCO)c1ncc2ncnc(Nc3ccc(Oc4ccc5c(c4)ncn5C)c(C)c3)c2n1. The Hall–Kier alpha value is -4.31. The lowest BCUT2D eigenvalue weighted by Gasteiger charge is -2.22. The van der Waals surface area contributed by atoms with Crippen LogP contribution in [-0.4, -0.2) is 54.3 Å². The average molecular weight is 513 g/mol. The Kier molecular flexibility index (Phi) is 7.60. The quantitative estimate of drug-likeness (QED) is 0.248. The number of nitrogens with one attached hydrogen (secondary N) is 1. The molecule has 196 valence electrons. The van der Waals surface area contributed by atoms with E-state index in [1.807, 2.05) is 54.9 Å². The van der Waals surface area contributed by atoms with Crippen LogP contribution in [0.15, 0.2) is 55.2 Å². The lowest BCUT2D eigenvalue weighted by Crippen LogP contribution is -2.28. The van der Waals surface area contributed by atoms with Crippen molar-refractivity contribution < 1.29 is 9.84 Å². The fourth-order valence-corrected chi connectivity index (χ4v) is 4.30. The topological polar surface area (TPSA) is 114 Å². The number of unbranched alkanes of at least 4 members (excludes halogenated alkanes) is 1. The van der Waals surface area contributed by atoms with Crippen LogP contribution in [0.2, 0.25) is 0 Å². The molecule has 5 aromatic rings. The van der Waals surface area contributed by atoms with Gasteiger partial charge in [0.2, 0.25) is 5.95 Å². The van der Waals surface area contributed by atoms with Crippen molar-refractivity contribution in [3.8, 4) is 11.5 Å². The van der Waals surface area contributed by atoms with Crippen molar-refractivity contribution in [2.24, 2.45) is 7.05 Å². The van der Waals surface area contributed by atoms with Gasteiger partial charge in [-0.25, -0.2) is 24.9 Å². The largest absolute Gasteiger partial charge is 0.457 e. The van der Waals surface area contributed by atoms with Crippen molar-refractivity contribution in [3.05, 3.63) is 60.8 Å². The first-order chi connectivity index (χ1) is 18.6. The summed E-state index contributed by atoms with van der Waals surface area (Å²) < 4.78 is 8.14. The van der Waals surface area contributed by atoms with Crippen LogP contribution in [0.3, 0.4) is 0 Å². The summed E-state index contributed by atoms with van der Waals surface area (Å²) in [5.41, 5.74) is 5.08. The average Bonchev–Trinajstić information content (AvgIpc) is 3.30. The van der Waals surface area contributed by atoms with E-state index < -0.39 is 0 Å². The molecule has 0 spiro atoms. The number of imidazole rings is 1. The van der Waals surface area contributed by atoms with Gasteiger partial charge < -0.3 is 24.6 Å². The summed E-state index contributed by atoms with van der Waals surface area (Å²) in [6.07, 6.45) is 7.77. The molecule has 0 amide bonds. The van der Waals surface area contributed by atoms with Crippen LogP contribution in [0.1, 0.15) is 31.7 Å². The molecule has 2 N–H and O–H groups in total. The molecule has 0 aliphatic rings. The van der Waals surface area contributed by atoms with Crippen LogP contribution in [0, 0.1) is 6.92 Å². The molecule has 0 aliphatic heterocycles. The molecule has 5 rings (SSSR count). The van der Waals surface area contributed by atoms with Crippen molar-refractivity contribution in [1.29, 1.82) is 0 Å². The van der Waals surface area contributed by atoms with E-state index in [0.717, 1.165) is 53.2 Å². The lowest BCUT2D eigenvalue weighted by molar-refractivity contribution is 0.289. The second-order valence-electron chi connectivity index (χ2n) is 9.26. The van der Waals surface area contributed by atoms with Gasteiger partial charge in [0.15, 0.2) is 5.82 Å². The standard InChI is InChI=1S/C28H32N8O2/c1-4-5-11-36(12-6-13-37)28-29-16-23-26(34-28)27(31-17-30-23)33-20-7-10-25(19(2)14-20)38-21-8-9-24-22(15-21)32-18-35(24)3/h7-10,14-18,37H,4-6,11-13H2,1-3H3,(H,30,31,33). The van der Waals surface area contributed by atoms with Gasteiger partial charge in [0.1, 0.15) is 28.9 Å². The monoisotopic (exact) mass is 512 g/mol. The Morgan fingerprint density at radius 3 is 2.68 bits per heavy atom. The number of benzene rings is 2. The zero-order valence-corrected chi connectivity index (χ0v) is 21.9. The maximum atomic E-state index is 9.32. The van der Waals surface area contributed by atoms with Crippen LogP contribution in [0.25, 0.3) is 22.1 Å². The highest BCUT2D eigenvalue weighted by molar-refractivity contribution is 5.87. The van der Waals surface area contributed by atoms with Gasteiger partial charge in [0.25, 0.3) is 0 Å². The number of fused-ring (bicyclic) bond motifs is 2. The second kappa shape index (κ2) is 11.4. The van der Waals surface area contributed by atoms with Gasteiger partial charge in [0.05, 0.1) is 23.6 Å². The van der Waals surface area contributed by atoms with E-state index in [9.17, 15) is 5.11 Å². The normalized spacial score (nSPS) is 11.3. The van der Waals surface area contributed by atoms with Crippen LogP contribution >= 0.6 is 0 Å². The Labute approximate surface area is 221 Å². The molecule has 10 heteroatoms. The second-order valence-corrected chi connectivity index (χ2v) is 9.26. The molecule has 10 nitrogen and oxygen atoms in total. The van der Waals surface area contributed by atoms with Gasteiger partial charge >= 0.3 is 0 Å². The zero-order valence-electron chi connectivity index (χ0n) is 21.9. The minimum absolute atomic E-state index is 0.128. The maximum Gasteiger partial charge on any atom is 0.226 e. The number of aliphatic hydroxyl groups excluding tert-OH is 1. The molecule has 0 atom stereocenters. The first-order valence-corrected chi connectivity index (χ1v) is 12.9. The fourth-order valence-electron chi connectivity index (χ4n) is 4.30. The van der Waals surface area contributed by atoms with Crippen LogP contribution in [0.5, 0.6) is 11.5 Å². The van der Waals surface area contributed by atoms with Crippen molar-refractivity contribution in [2.45, 2.75) is 33.1 Å². The number of aliphatic hydroxyl groups is 1. The Bertz CT molecular complexity index is 1540. The summed E-state index contributed by atoms with van der Waals surface area (Å²) >= 11 is 0. The number of anilines is 3. The van der Waals surface area contributed by atoms with Crippen molar-refractivity contribution in [2.75, 3.05) is 29.9 Å². The molecular formula is C28H32N8O2. The molecule has 2 aromatic carbocycles. The molecule has 0 fully saturated rings. The first kappa shape index (κ1) is 25.3. The summed E-state index contributed by atoms with van der Waals surface area (Å²) in [5.74, 6) is 2.71. The van der Waals surface area contributed by atoms with Crippen molar-refractivity contribution >= 4 is 39.5 Å². The highest BCUT2D eigenvalue weighted by atomic mass is 16.5. The van der Waals surface area contributed by atoms with E-state index in [2.05, 4.69) is 37.1 Å². The van der Waals surface area contributed by atoms with Crippen LogP contribution in [0.4, 0.5) is 17.5 Å². The molecule has 0 saturated carbocycles. The predicted molar refractivity (Wildman–Crippen MR) is 149 cm³/mol. The van der Waals surface area contributed by atoms with E-state index in [1.54, 1.807) is 12.5 Å². The highest BCUT2D eigenvalue weighted by Crippen LogP contribution is 2.31. The summed E-state index contributed by atoms with van der Waals surface area (Å²) in [6.45, 7) is 5.80. The van der Waals surface area contributed by atoms with Gasteiger partial charge in [-0.05, 0) is 55.7 Å². The van der Waals surface area contributed by atoms with Crippen molar-refractivity contribution in [3.63, 3.8) is 0 Å². The van der Waals surface area contributed by atoms with E-state index >= 15 is 0 Å². The third kappa shape index (κ3) is 5.50. The number of hydrogen-bond donors (Lipinski definition) is 2. The third-order valence-electron chi connectivity index (χ3n) is 6.38. The third-order valence-corrected chi connectivity index (χ3v) is 6.38. The van der Waals surface area contributed by atoms with Gasteiger partial charge in [-0.1, -0.05) is 13.3 Å². The molecule has 3 aromatic heterocycles. The summed E-state index contributed by atoms with van der Waals surface area (Å²) in [7, 11) is 1.97. The van der Waals surface area contributed by atoms with E-state index in [0.29, 0.717) is 35.8 Å². The molecule has 0 aliphatic carbocycles.